The van der Waals surface area contributed by atoms with E-state index < -0.39 is 0 Å². The van der Waals surface area contributed by atoms with Gasteiger partial charge in [0, 0.05) is 13.0 Å². The molecule has 2 heterocycles. The minimum absolute atomic E-state index is 0.825. The molecule has 0 aliphatic heterocycles. The topological polar surface area (TPSA) is 79.4 Å². The number of rotatable bonds is 5. The molecule has 0 spiro atoms. The van der Waals surface area contributed by atoms with Gasteiger partial charge in [-0.2, -0.15) is 5.10 Å². The Hall–Kier alpha value is -1.98. The fraction of sp³-hybridized carbons (Fsp3) is 0.455. The Balaban J connectivity index is 1.76. The normalized spacial score (nSPS) is 10.5. The van der Waals surface area contributed by atoms with E-state index in [1.54, 1.807) is 6.20 Å². The second-order valence-electron chi connectivity index (χ2n) is 3.89. The van der Waals surface area contributed by atoms with Gasteiger partial charge < -0.3 is 5.32 Å². The second-order valence-corrected chi connectivity index (χ2v) is 3.89. The summed E-state index contributed by atoms with van der Waals surface area (Å²) in [5, 5.41) is 9.88. The summed E-state index contributed by atoms with van der Waals surface area (Å²) in [6.07, 6.45) is 5.14. The number of aryl methyl sites for hydroxylation is 3. The fourth-order valence-electron chi connectivity index (χ4n) is 1.45. The van der Waals surface area contributed by atoms with Gasteiger partial charge in [-0.25, -0.2) is 9.97 Å². The lowest BCUT2D eigenvalue weighted by Gasteiger charge is -2.06. The van der Waals surface area contributed by atoms with E-state index in [4.69, 9.17) is 0 Å². The maximum Gasteiger partial charge on any atom is 0.144 e. The Morgan fingerprint density at radius 2 is 2.12 bits per heavy atom. The van der Waals surface area contributed by atoms with Gasteiger partial charge in [-0.3, -0.25) is 10.1 Å². The third-order valence-corrected chi connectivity index (χ3v) is 2.55. The Labute approximate surface area is 99.9 Å². The molecular weight excluding hydrogens is 216 g/mol. The minimum Gasteiger partial charge on any atom is -0.369 e. The average molecular weight is 232 g/mol. The summed E-state index contributed by atoms with van der Waals surface area (Å²) >= 11 is 0. The van der Waals surface area contributed by atoms with Crippen LogP contribution in [0.25, 0.3) is 0 Å². The molecule has 0 aliphatic carbocycles. The number of anilines is 1. The first-order valence-electron chi connectivity index (χ1n) is 5.64. The first kappa shape index (κ1) is 11.5. The van der Waals surface area contributed by atoms with E-state index in [-0.39, 0.29) is 0 Å². The molecule has 0 amide bonds. The highest BCUT2D eigenvalue weighted by Gasteiger charge is 1.99. The van der Waals surface area contributed by atoms with Crippen molar-refractivity contribution in [3.05, 3.63) is 29.7 Å². The van der Waals surface area contributed by atoms with Crippen LogP contribution in [0.15, 0.2) is 12.5 Å². The van der Waals surface area contributed by atoms with E-state index in [0.29, 0.717) is 0 Å². The molecule has 2 aromatic rings. The van der Waals surface area contributed by atoms with Crippen LogP contribution in [0.1, 0.15) is 23.6 Å². The predicted molar refractivity (Wildman–Crippen MR) is 64.7 cm³/mol. The fourth-order valence-corrected chi connectivity index (χ4v) is 1.45. The molecule has 0 unspecified atom stereocenters. The Bertz CT molecular complexity index is 465. The van der Waals surface area contributed by atoms with Gasteiger partial charge in [-0.15, -0.1) is 0 Å². The summed E-state index contributed by atoms with van der Waals surface area (Å²) < 4.78 is 0. The van der Waals surface area contributed by atoms with Crippen molar-refractivity contribution in [3.63, 3.8) is 0 Å². The summed E-state index contributed by atoms with van der Waals surface area (Å²) in [4.78, 5) is 12.7. The largest absolute Gasteiger partial charge is 0.369 e. The lowest BCUT2D eigenvalue weighted by atomic mass is 10.3. The lowest BCUT2D eigenvalue weighted by molar-refractivity contribution is 0.802. The van der Waals surface area contributed by atoms with Gasteiger partial charge >= 0.3 is 0 Å². The van der Waals surface area contributed by atoms with Crippen LogP contribution in [0.5, 0.6) is 0 Å². The van der Waals surface area contributed by atoms with Crippen LogP contribution in [-0.4, -0.2) is 31.7 Å². The van der Waals surface area contributed by atoms with Crippen molar-refractivity contribution in [2.45, 2.75) is 26.7 Å². The first-order valence-corrected chi connectivity index (χ1v) is 5.64. The molecular formula is C11H16N6. The highest BCUT2D eigenvalue weighted by molar-refractivity contribution is 5.33. The number of hydrogen-bond donors (Lipinski definition) is 2. The van der Waals surface area contributed by atoms with E-state index in [2.05, 4.69) is 30.5 Å². The molecule has 2 N–H and O–H groups in total. The molecule has 0 radical (unpaired) electrons. The molecule has 0 aromatic carbocycles. The van der Waals surface area contributed by atoms with Gasteiger partial charge in [-0.1, -0.05) is 0 Å². The number of aromatic amines is 1. The highest BCUT2D eigenvalue weighted by atomic mass is 15.2. The van der Waals surface area contributed by atoms with Gasteiger partial charge in [0.05, 0.1) is 17.6 Å². The van der Waals surface area contributed by atoms with Crippen molar-refractivity contribution in [2.75, 3.05) is 11.9 Å². The van der Waals surface area contributed by atoms with Crippen LogP contribution >= 0.6 is 0 Å². The zero-order valence-corrected chi connectivity index (χ0v) is 10.1. The minimum atomic E-state index is 0.825. The number of nitrogens with one attached hydrogen (secondary N) is 2. The van der Waals surface area contributed by atoms with Crippen molar-refractivity contribution < 1.29 is 0 Å². The van der Waals surface area contributed by atoms with Crippen LogP contribution in [-0.2, 0) is 6.42 Å². The van der Waals surface area contributed by atoms with Crippen molar-refractivity contribution in [1.29, 1.82) is 0 Å². The number of aromatic nitrogens is 5. The molecule has 0 aliphatic rings. The summed E-state index contributed by atoms with van der Waals surface area (Å²) in [7, 11) is 0. The van der Waals surface area contributed by atoms with Crippen molar-refractivity contribution in [2.24, 2.45) is 0 Å². The van der Waals surface area contributed by atoms with Crippen LogP contribution in [0, 0.1) is 13.8 Å². The molecule has 0 fully saturated rings. The van der Waals surface area contributed by atoms with E-state index in [9.17, 15) is 0 Å². The maximum atomic E-state index is 4.40. The van der Waals surface area contributed by atoms with Crippen molar-refractivity contribution in [1.82, 2.24) is 25.1 Å². The molecule has 0 bridgehead atoms. The molecule has 0 saturated carbocycles. The molecule has 6 heteroatoms. The molecule has 2 aromatic heterocycles. The summed E-state index contributed by atoms with van der Waals surface area (Å²) in [5.74, 6) is 1.74. The van der Waals surface area contributed by atoms with Crippen LogP contribution in [0.3, 0.4) is 0 Å². The van der Waals surface area contributed by atoms with E-state index in [0.717, 1.165) is 42.4 Å². The SMILES string of the molecule is Cc1ncc(NCCCc2ncn[nH]2)nc1C. The predicted octanol–water partition coefficient (Wildman–Crippen LogP) is 1.26. The van der Waals surface area contributed by atoms with Gasteiger partial charge in [0.25, 0.3) is 0 Å². The van der Waals surface area contributed by atoms with E-state index in [1.807, 2.05) is 13.8 Å². The monoisotopic (exact) mass is 232 g/mol. The Morgan fingerprint density at radius 3 is 2.82 bits per heavy atom. The number of H-pyrrole nitrogens is 1. The van der Waals surface area contributed by atoms with E-state index >= 15 is 0 Å². The van der Waals surface area contributed by atoms with Gasteiger partial charge in [0.2, 0.25) is 0 Å². The third kappa shape index (κ3) is 3.24. The Morgan fingerprint density at radius 1 is 1.24 bits per heavy atom. The third-order valence-electron chi connectivity index (χ3n) is 2.55. The van der Waals surface area contributed by atoms with Gasteiger partial charge in [-0.05, 0) is 20.3 Å². The molecule has 0 saturated heterocycles. The zero-order chi connectivity index (χ0) is 12.1. The molecule has 2 rings (SSSR count). The van der Waals surface area contributed by atoms with Crippen molar-refractivity contribution in [3.8, 4) is 0 Å². The first-order chi connectivity index (χ1) is 8.25. The van der Waals surface area contributed by atoms with Crippen LogP contribution in [0.4, 0.5) is 5.82 Å². The number of hydrogen-bond acceptors (Lipinski definition) is 5. The standard InChI is InChI=1S/C11H16N6/c1-8-9(2)16-11(6-13-8)12-5-3-4-10-14-7-15-17-10/h6-7H,3-5H2,1-2H3,(H,12,16)(H,14,15,17). The molecule has 0 atom stereocenters. The zero-order valence-electron chi connectivity index (χ0n) is 10.1. The quantitative estimate of drug-likeness (QED) is 0.758. The lowest BCUT2D eigenvalue weighted by Crippen LogP contribution is -2.06. The second kappa shape index (κ2) is 5.38. The smallest absolute Gasteiger partial charge is 0.144 e. The summed E-state index contributed by atoms with van der Waals surface area (Å²) in [6.45, 7) is 4.76. The van der Waals surface area contributed by atoms with E-state index in [1.165, 1.54) is 6.33 Å². The Kier molecular flexibility index (Phi) is 3.64. The van der Waals surface area contributed by atoms with Crippen LogP contribution < -0.4 is 5.32 Å². The molecule has 17 heavy (non-hydrogen) atoms. The van der Waals surface area contributed by atoms with Gasteiger partial charge in [0.15, 0.2) is 0 Å². The van der Waals surface area contributed by atoms with Gasteiger partial charge in [0.1, 0.15) is 18.0 Å². The molecule has 6 nitrogen and oxygen atoms in total. The van der Waals surface area contributed by atoms with Crippen LogP contribution in [0.2, 0.25) is 0 Å². The summed E-state index contributed by atoms with van der Waals surface area (Å²) in [6, 6.07) is 0. The average Bonchev–Trinajstić information content (AvgIpc) is 2.82. The molecule has 90 valence electrons. The van der Waals surface area contributed by atoms with Crippen molar-refractivity contribution >= 4 is 5.82 Å². The number of nitrogens with zero attached hydrogens (tertiary/aromatic N) is 4. The summed E-state index contributed by atoms with van der Waals surface area (Å²) in [5.41, 5.74) is 1.93. The maximum absolute atomic E-state index is 4.40. The highest BCUT2D eigenvalue weighted by Crippen LogP contribution is 2.05.